The van der Waals surface area contributed by atoms with E-state index >= 15 is 0 Å². The molecule has 140 valence electrons. The van der Waals surface area contributed by atoms with Gasteiger partial charge in [-0.25, -0.2) is 4.39 Å². The van der Waals surface area contributed by atoms with Crippen LogP contribution >= 0.6 is 0 Å². The van der Waals surface area contributed by atoms with Crippen LogP contribution in [0, 0.1) is 21.8 Å². The van der Waals surface area contributed by atoms with Crippen molar-refractivity contribution in [1.82, 2.24) is 0 Å². The first-order valence-electron chi connectivity index (χ1n) is 8.36. The van der Waals surface area contributed by atoms with Crippen LogP contribution in [0.15, 0.2) is 48.5 Å². The van der Waals surface area contributed by atoms with Gasteiger partial charge in [-0.1, -0.05) is 18.2 Å². The summed E-state index contributed by atoms with van der Waals surface area (Å²) in [5.41, 5.74) is 0.942. The summed E-state index contributed by atoms with van der Waals surface area (Å²) < 4.78 is 18.2. The van der Waals surface area contributed by atoms with Crippen LogP contribution in [-0.2, 0) is 14.3 Å². The highest BCUT2D eigenvalue weighted by Gasteiger charge is 2.46. The number of carbonyl (C=O) groups excluding carboxylic acids is 2. The van der Waals surface area contributed by atoms with E-state index in [0.717, 1.165) is 5.56 Å². The highest BCUT2D eigenvalue weighted by Crippen LogP contribution is 2.48. The first-order valence-corrected chi connectivity index (χ1v) is 8.36. The molecule has 0 heterocycles. The van der Waals surface area contributed by atoms with Crippen molar-refractivity contribution in [3.63, 3.8) is 0 Å². The summed E-state index contributed by atoms with van der Waals surface area (Å²) in [6.45, 7) is 1.43. The van der Waals surface area contributed by atoms with Crippen LogP contribution in [0.1, 0.15) is 24.8 Å². The molecule has 3 rings (SSSR count). The number of nitro benzene ring substituents is 1. The summed E-state index contributed by atoms with van der Waals surface area (Å²) in [5, 5.41) is 13.3. The molecule has 3 atom stereocenters. The molecular weight excluding hydrogens is 355 g/mol. The molecule has 0 aliphatic heterocycles. The Labute approximate surface area is 154 Å². The highest BCUT2D eigenvalue weighted by molar-refractivity contribution is 5.95. The Bertz CT molecular complexity index is 884. The number of carbonyl (C=O) groups is 2. The van der Waals surface area contributed by atoms with E-state index in [1.165, 1.54) is 43.3 Å². The quantitative estimate of drug-likeness (QED) is 0.476. The molecule has 1 aliphatic rings. The van der Waals surface area contributed by atoms with Crippen LogP contribution < -0.4 is 5.32 Å². The molecule has 1 amide bonds. The molecule has 0 bridgehead atoms. The van der Waals surface area contributed by atoms with Crippen molar-refractivity contribution in [2.75, 3.05) is 5.32 Å². The number of hydrogen-bond donors (Lipinski definition) is 1. The number of nitrogens with zero attached hydrogens (tertiary/aromatic N) is 1. The number of rotatable bonds is 6. The number of nitrogens with one attached hydrogen (secondary N) is 1. The predicted molar refractivity (Wildman–Crippen MR) is 94.5 cm³/mol. The number of hydrogen-bond acceptors (Lipinski definition) is 5. The fourth-order valence-electron chi connectivity index (χ4n) is 2.79. The lowest BCUT2D eigenvalue weighted by molar-refractivity contribution is -0.384. The normalized spacial score (nSPS) is 19.0. The molecule has 3 unspecified atom stereocenters. The van der Waals surface area contributed by atoms with Gasteiger partial charge in [-0.05, 0) is 43.0 Å². The number of halogens is 1. The Morgan fingerprint density at radius 2 is 1.96 bits per heavy atom. The third kappa shape index (κ3) is 4.46. The van der Waals surface area contributed by atoms with Gasteiger partial charge in [0.05, 0.1) is 10.8 Å². The largest absolute Gasteiger partial charge is 0.452 e. The van der Waals surface area contributed by atoms with Gasteiger partial charge in [-0.2, -0.15) is 0 Å². The molecule has 0 saturated heterocycles. The summed E-state index contributed by atoms with van der Waals surface area (Å²) in [5.74, 6) is -1.81. The SMILES string of the molecule is CC(OC(=O)C1CC1c1ccc(F)cc1)C(=O)Nc1cccc([N+](=O)[O-])c1. The monoisotopic (exact) mass is 372 g/mol. The summed E-state index contributed by atoms with van der Waals surface area (Å²) in [6, 6.07) is 11.4. The molecule has 8 heteroatoms. The summed E-state index contributed by atoms with van der Waals surface area (Å²) in [4.78, 5) is 34.6. The van der Waals surface area contributed by atoms with E-state index in [9.17, 15) is 24.1 Å². The minimum Gasteiger partial charge on any atom is -0.452 e. The molecule has 2 aromatic carbocycles. The van der Waals surface area contributed by atoms with Gasteiger partial charge < -0.3 is 10.1 Å². The fourth-order valence-corrected chi connectivity index (χ4v) is 2.79. The number of benzene rings is 2. The van der Waals surface area contributed by atoms with Crippen LogP contribution in [0.2, 0.25) is 0 Å². The Hall–Kier alpha value is -3.29. The summed E-state index contributed by atoms with van der Waals surface area (Å²) >= 11 is 0. The predicted octanol–water partition coefficient (Wildman–Crippen LogP) is 3.41. The third-order valence-electron chi connectivity index (χ3n) is 4.38. The fraction of sp³-hybridized carbons (Fsp3) is 0.263. The molecule has 1 aliphatic carbocycles. The van der Waals surface area contributed by atoms with E-state index in [-0.39, 0.29) is 29.0 Å². The molecule has 0 radical (unpaired) electrons. The van der Waals surface area contributed by atoms with Gasteiger partial charge in [0.15, 0.2) is 6.10 Å². The van der Waals surface area contributed by atoms with E-state index < -0.39 is 22.9 Å². The lowest BCUT2D eigenvalue weighted by Crippen LogP contribution is -2.30. The summed E-state index contributed by atoms with van der Waals surface area (Å²) in [6.07, 6.45) is -0.463. The van der Waals surface area contributed by atoms with Crippen molar-refractivity contribution < 1.29 is 23.6 Å². The Balaban J connectivity index is 1.54. The van der Waals surface area contributed by atoms with E-state index in [4.69, 9.17) is 4.74 Å². The minimum absolute atomic E-state index is 0.0369. The molecular formula is C19H17FN2O5. The van der Waals surface area contributed by atoms with Crippen LogP contribution in [0.5, 0.6) is 0 Å². The number of ether oxygens (including phenoxy) is 1. The number of non-ortho nitro benzene ring substituents is 1. The maximum Gasteiger partial charge on any atom is 0.310 e. The molecule has 7 nitrogen and oxygen atoms in total. The number of anilines is 1. The maximum atomic E-state index is 13.0. The van der Waals surface area contributed by atoms with Gasteiger partial charge in [-0.3, -0.25) is 19.7 Å². The van der Waals surface area contributed by atoms with Gasteiger partial charge in [0.1, 0.15) is 5.82 Å². The van der Waals surface area contributed by atoms with E-state index in [2.05, 4.69) is 5.32 Å². The maximum absolute atomic E-state index is 13.0. The average Bonchev–Trinajstić information content (AvgIpc) is 3.43. The van der Waals surface area contributed by atoms with Crippen molar-refractivity contribution in [3.8, 4) is 0 Å². The first kappa shape index (κ1) is 18.5. The molecule has 0 aromatic heterocycles. The van der Waals surface area contributed by atoms with Crippen LogP contribution in [-0.4, -0.2) is 22.9 Å². The molecule has 1 saturated carbocycles. The zero-order valence-corrected chi connectivity index (χ0v) is 14.4. The first-order chi connectivity index (χ1) is 12.8. The second-order valence-corrected chi connectivity index (χ2v) is 6.38. The van der Waals surface area contributed by atoms with Gasteiger partial charge in [0.25, 0.3) is 11.6 Å². The highest BCUT2D eigenvalue weighted by atomic mass is 19.1. The standard InChI is InChI=1S/C19H17FN2O5/c1-11(18(23)21-14-3-2-4-15(9-14)22(25)26)27-19(24)17-10-16(17)12-5-7-13(20)8-6-12/h2-9,11,16-17H,10H2,1H3,(H,21,23). The van der Waals surface area contributed by atoms with Crippen molar-refractivity contribution in [2.24, 2.45) is 5.92 Å². The Morgan fingerprint density at radius 3 is 2.63 bits per heavy atom. The van der Waals surface area contributed by atoms with E-state index in [1.54, 1.807) is 12.1 Å². The molecule has 1 N–H and O–H groups in total. The van der Waals surface area contributed by atoms with Crippen LogP contribution in [0.3, 0.4) is 0 Å². The molecule has 2 aromatic rings. The van der Waals surface area contributed by atoms with Crippen LogP contribution in [0.25, 0.3) is 0 Å². The van der Waals surface area contributed by atoms with Gasteiger partial charge in [0.2, 0.25) is 0 Å². The van der Waals surface area contributed by atoms with Crippen molar-refractivity contribution in [3.05, 3.63) is 70.0 Å². The second kappa shape index (κ2) is 7.53. The molecule has 27 heavy (non-hydrogen) atoms. The Morgan fingerprint density at radius 1 is 1.26 bits per heavy atom. The van der Waals surface area contributed by atoms with Crippen molar-refractivity contribution >= 4 is 23.3 Å². The zero-order chi connectivity index (χ0) is 19.6. The molecule has 1 fully saturated rings. The number of amides is 1. The smallest absolute Gasteiger partial charge is 0.310 e. The van der Waals surface area contributed by atoms with Crippen molar-refractivity contribution in [1.29, 1.82) is 0 Å². The summed E-state index contributed by atoms with van der Waals surface area (Å²) in [7, 11) is 0. The zero-order valence-electron chi connectivity index (χ0n) is 14.4. The van der Waals surface area contributed by atoms with Gasteiger partial charge in [-0.15, -0.1) is 0 Å². The number of esters is 1. The van der Waals surface area contributed by atoms with Gasteiger partial charge in [0, 0.05) is 17.8 Å². The lowest BCUT2D eigenvalue weighted by atomic mass is 10.1. The lowest BCUT2D eigenvalue weighted by Gasteiger charge is -2.13. The Kier molecular flexibility index (Phi) is 5.16. The van der Waals surface area contributed by atoms with Crippen LogP contribution in [0.4, 0.5) is 15.8 Å². The average molecular weight is 372 g/mol. The van der Waals surface area contributed by atoms with Gasteiger partial charge >= 0.3 is 5.97 Å². The van der Waals surface area contributed by atoms with Crippen molar-refractivity contribution in [2.45, 2.75) is 25.4 Å². The molecule has 0 spiro atoms. The third-order valence-corrected chi connectivity index (χ3v) is 4.38. The number of nitro groups is 1. The second-order valence-electron chi connectivity index (χ2n) is 6.38. The van der Waals surface area contributed by atoms with E-state index in [1.807, 2.05) is 0 Å². The minimum atomic E-state index is -1.05. The van der Waals surface area contributed by atoms with E-state index in [0.29, 0.717) is 6.42 Å². The topological polar surface area (TPSA) is 98.5 Å².